The molecule has 0 bridgehead atoms. The van der Waals surface area contributed by atoms with Crippen LogP contribution in [0, 0.1) is 10.8 Å². The Morgan fingerprint density at radius 2 is 1.36 bits per heavy atom. The van der Waals surface area contributed by atoms with Gasteiger partial charge in [-0.05, 0) is 23.7 Å². The van der Waals surface area contributed by atoms with Crippen molar-refractivity contribution in [2.75, 3.05) is 0 Å². The summed E-state index contributed by atoms with van der Waals surface area (Å²) in [5, 5.41) is 23.0. The van der Waals surface area contributed by atoms with Crippen LogP contribution in [-0.2, 0) is 12.8 Å². The van der Waals surface area contributed by atoms with Crippen molar-refractivity contribution < 1.29 is 15.2 Å². The Bertz CT molecular complexity index is 704. The van der Waals surface area contributed by atoms with E-state index in [1.807, 2.05) is 10.8 Å². The third-order valence-corrected chi connectivity index (χ3v) is 4.48. The molecule has 160 valence electrons. The molecular formula is C18H31ClN4O3S2. The van der Waals surface area contributed by atoms with Gasteiger partial charge in [-0.1, -0.05) is 46.7 Å². The van der Waals surface area contributed by atoms with Gasteiger partial charge in [-0.25, -0.2) is 15.9 Å². The van der Waals surface area contributed by atoms with Gasteiger partial charge in [0.2, 0.25) is 0 Å². The summed E-state index contributed by atoms with van der Waals surface area (Å²) in [4.78, 5) is 18.8. The second-order valence-corrected chi connectivity index (χ2v) is 9.97. The van der Waals surface area contributed by atoms with Gasteiger partial charge in [0.05, 0.1) is 11.4 Å². The Balaban J connectivity index is 0. The lowest BCUT2D eigenvalue weighted by Gasteiger charge is -2.15. The summed E-state index contributed by atoms with van der Waals surface area (Å²) in [6.07, 6.45) is 4.04. The zero-order valence-corrected chi connectivity index (χ0v) is 19.6. The predicted molar refractivity (Wildman–Crippen MR) is 119 cm³/mol. The number of hydrogen-bond acceptors (Lipinski definition) is 9. The van der Waals surface area contributed by atoms with Gasteiger partial charge in [0.1, 0.15) is 11.2 Å². The summed E-state index contributed by atoms with van der Waals surface area (Å²) in [6.45, 7) is 13.0. The highest BCUT2D eigenvalue weighted by atomic mass is 35.5. The minimum absolute atomic E-state index is 0. The summed E-state index contributed by atoms with van der Waals surface area (Å²) in [5.41, 5.74) is 2.58. The lowest BCUT2D eigenvalue weighted by atomic mass is 9.91. The molecule has 0 spiro atoms. The molecule has 2 rings (SSSR count). The molecular weight excluding hydrogens is 420 g/mol. The van der Waals surface area contributed by atoms with E-state index in [0.29, 0.717) is 5.01 Å². The maximum absolute atomic E-state index is 10.3. The molecule has 0 saturated carbocycles. The van der Waals surface area contributed by atoms with Crippen LogP contribution in [0.25, 0.3) is 0 Å². The minimum atomic E-state index is 0. The van der Waals surface area contributed by atoms with Gasteiger partial charge in [0, 0.05) is 10.8 Å². The van der Waals surface area contributed by atoms with Crippen LogP contribution in [0.15, 0.2) is 15.9 Å². The number of nitrogens with zero attached hydrogens (tertiary/aromatic N) is 3. The van der Waals surface area contributed by atoms with Crippen molar-refractivity contribution in [2.45, 2.75) is 54.4 Å². The van der Waals surface area contributed by atoms with E-state index in [9.17, 15) is 4.79 Å². The first-order chi connectivity index (χ1) is 12.5. The van der Waals surface area contributed by atoms with Crippen molar-refractivity contribution in [1.29, 1.82) is 0 Å². The second kappa shape index (κ2) is 13.7. The van der Waals surface area contributed by atoms with Crippen LogP contribution < -0.4 is 5.90 Å². The van der Waals surface area contributed by atoms with Crippen molar-refractivity contribution >= 4 is 47.6 Å². The molecule has 0 aliphatic heterocycles. The average molecular weight is 451 g/mol. The van der Waals surface area contributed by atoms with E-state index in [4.69, 9.17) is 10.4 Å². The number of aldehydes is 1. The molecule has 2 aromatic rings. The highest BCUT2D eigenvalue weighted by molar-refractivity contribution is 7.11. The summed E-state index contributed by atoms with van der Waals surface area (Å²) in [5.74, 6) is 3.50. The molecule has 28 heavy (non-hydrogen) atoms. The molecule has 0 aliphatic rings. The number of carbonyl (C=O) groups excluding carboxylic acids is 1. The molecule has 0 aromatic carbocycles. The van der Waals surface area contributed by atoms with Crippen molar-refractivity contribution in [1.82, 2.24) is 9.97 Å². The normalized spacial score (nSPS) is 11.0. The molecule has 7 nitrogen and oxygen atoms in total. The van der Waals surface area contributed by atoms with E-state index in [2.05, 4.69) is 62.6 Å². The number of nitrogens with two attached hydrogens (primary N) is 1. The van der Waals surface area contributed by atoms with E-state index in [-0.39, 0.29) is 23.2 Å². The number of carbonyl (C=O) groups is 1. The molecule has 0 saturated heterocycles. The van der Waals surface area contributed by atoms with Gasteiger partial charge in [-0.3, -0.25) is 4.79 Å². The second-order valence-electron chi connectivity index (χ2n) is 8.19. The molecule has 0 unspecified atom stereocenters. The number of rotatable bonds is 4. The maximum Gasteiger partial charge on any atom is 0.178 e. The summed E-state index contributed by atoms with van der Waals surface area (Å²) >= 11 is 2.91. The molecule has 0 radical (unpaired) electrons. The Hall–Kier alpha value is -1.39. The Labute approximate surface area is 181 Å². The Morgan fingerprint density at radius 1 is 0.964 bits per heavy atom. The summed E-state index contributed by atoms with van der Waals surface area (Å²) < 4.78 is 0. The van der Waals surface area contributed by atoms with Crippen LogP contribution in [0.1, 0.15) is 67.7 Å². The van der Waals surface area contributed by atoms with Crippen molar-refractivity contribution in [3.63, 3.8) is 0 Å². The van der Waals surface area contributed by atoms with Gasteiger partial charge < -0.3 is 10.4 Å². The van der Waals surface area contributed by atoms with E-state index >= 15 is 0 Å². The van der Waals surface area contributed by atoms with Crippen molar-refractivity contribution in [2.24, 2.45) is 21.9 Å². The van der Waals surface area contributed by atoms with Gasteiger partial charge in [0.25, 0.3) is 0 Å². The first-order valence-corrected chi connectivity index (χ1v) is 10.1. The minimum Gasteiger partial charge on any atom is -0.411 e. The zero-order chi connectivity index (χ0) is 21.1. The van der Waals surface area contributed by atoms with Crippen LogP contribution in [-0.4, -0.2) is 32.9 Å². The third kappa shape index (κ3) is 13.7. The topological polar surface area (TPSA) is 122 Å². The van der Waals surface area contributed by atoms with Crippen LogP contribution in [0.4, 0.5) is 0 Å². The summed E-state index contributed by atoms with van der Waals surface area (Å²) in [6, 6.07) is 0. The zero-order valence-electron chi connectivity index (χ0n) is 17.2. The lowest BCUT2D eigenvalue weighted by molar-refractivity contribution is 0.112. The van der Waals surface area contributed by atoms with Crippen LogP contribution >= 0.6 is 35.1 Å². The number of oxime groups is 1. The van der Waals surface area contributed by atoms with Crippen molar-refractivity contribution in [3.8, 4) is 0 Å². The number of aromatic nitrogens is 2. The molecule has 0 aliphatic carbocycles. The van der Waals surface area contributed by atoms with E-state index < -0.39 is 0 Å². The fourth-order valence-corrected chi connectivity index (χ4v) is 3.35. The number of halogens is 1. The molecule has 0 amide bonds. The van der Waals surface area contributed by atoms with Crippen LogP contribution in [0.2, 0.25) is 0 Å². The van der Waals surface area contributed by atoms with Gasteiger partial charge in [-0.2, -0.15) is 0 Å². The average Bonchev–Trinajstić information content (AvgIpc) is 3.16. The molecule has 0 fully saturated rings. The molecule has 10 heteroatoms. The number of thiazole rings is 2. The van der Waals surface area contributed by atoms with Gasteiger partial charge >= 0.3 is 0 Å². The highest BCUT2D eigenvalue weighted by Crippen LogP contribution is 2.22. The predicted octanol–water partition coefficient (Wildman–Crippen LogP) is 4.84. The SMILES string of the molecule is CC(C)(C)Cc1csc(/C=N\O)n1.CC(C)(C)Cc1csc(C=O)n1.Cl.NO. The number of hydrogen-bond donors (Lipinski definition) is 3. The fourth-order valence-electron chi connectivity index (χ4n) is 2.06. The van der Waals surface area contributed by atoms with Crippen LogP contribution in [0.3, 0.4) is 0 Å². The van der Waals surface area contributed by atoms with Crippen molar-refractivity contribution in [3.05, 3.63) is 32.2 Å². The van der Waals surface area contributed by atoms with Gasteiger partial charge in [0.15, 0.2) is 11.3 Å². The van der Waals surface area contributed by atoms with Gasteiger partial charge in [-0.15, -0.1) is 35.1 Å². The molecule has 0 atom stereocenters. The molecule has 2 aromatic heterocycles. The third-order valence-electron chi connectivity index (χ3n) is 2.83. The fraction of sp³-hybridized carbons (Fsp3) is 0.556. The Morgan fingerprint density at radius 3 is 1.68 bits per heavy atom. The molecule has 4 N–H and O–H groups in total. The van der Waals surface area contributed by atoms with Crippen LogP contribution in [0.5, 0.6) is 0 Å². The van der Waals surface area contributed by atoms with E-state index in [1.54, 1.807) is 0 Å². The smallest absolute Gasteiger partial charge is 0.178 e. The van der Waals surface area contributed by atoms with E-state index in [0.717, 1.165) is 35.5 Å². The Kier molecular flexibility index (Phi) is 14.1. The molecule has 2 heterocycles. The quantitative estimate of drug-likeness (QED) is 0.265. The highest BCUT2D eigenvalue weighted by Gasteiger charge is 2.14. The largest absolute Gasteiger partial charge is 0.411 e. The monoisotopic (exact) mass is 450 g/mol. The first-order valence-electron chi connectivity index (χ1n) is 8.30. The standard InChI is InChI=1S/C9H14N2OS.C9H13NOS.ClH.H3NO/c1-9(2,3)4-7-6-13-8(11-7)5-10-12;1-9(2,3)4-7-6-12-8(5-11)10-7;;1-2/h5-6,12H,4H2,1-3H3;5-6H,4H2,1-3H3;1H;2H,1H2/b10-5-;;;. The first kappa shape index (κ1) is 28.8. The maximum atomic E-state index is 10.3. The lowest BCUT2D eigenvalue weighted by Crippen LogP contribution is -2.09. The van der Waals surface area contributed by atoms with E-state index in [1.165, 1.54) is 28.9 Å². The summed E-state index contributed by atoms with van der Waals surface area (Å²) in [7, 11) is 0.